The number of nitrogens with zero attached hydrogens (tertiary/aromatic N) is 5. The molecule has 0 unspecified atom stereocenters. The number of aromatic nitrogens is 6. The van der Waals surface area contributed by atoms with Crippen molar-refractivity contribution >= 4 is 51.3 Å². The first-order valence-corrected chi connectivity index (χ1v) is 26.8. The predicted molar refractivity (Wildman–Crippen MR) is 230 cm³/mol. The lowest BCUT2D eigenvalue weighted by Crippen LogP contribution is -2.46. The van der Waals surface area contributed by atoms with Crippen LogP contribution in [0.2, 0.25) is 36.3 Å². The Bertz CT molecular complexity index is 2180. The van der Waals surface area contributed by atoms with Gasteiger partial charge in [0.2, 0.25) is 0 Å². The van der Waals surface area contributed by atoms with E-state index in [0.717, 1.165) is 0 Å². The lowest BCUT2D eigenvalue weighted by molar-refractivity contribution is -0.0530. The highest BCUT2D eigenvalue weighted by Crippen LogP contribution is 2.43. The van der Waals surface area contributed by atoms with Gasteiger partial charge in [0.25, 0.3) is 11.5 Å². The average molecular weight is 854 g/mol. The first kappa shape index (κ1) is 44.1. The minimum absolute atomic E-state index is 0.00286. The molecule has 2 saturated heterocycles. The second-order valence-corrected chi connectivity index (χ2v) is 28.8. The Morgan fingerprint density at radius 3 is 2.26 bits per heavy atom. The Labute approximate surface area is 346 Å². The maximum absolute atomic E-state index is 13.0. The smallest absolute Gasteiger partial charge is 0.330 e. The molecule has 2 fully saturated rings. The monoisotopic (exact) mass is 853 g/mol. The molecule has 6 atom stereocenters. The number of ether oxygens (including phenoxy) is 3. The standard InChI is InChI=1S/C40H59N7O8SSi2/c1-25-19-46(38(50)45-36(25)48)31-17-27(29(53-31)20-52-57(8,9)39(2,3)4)51-24-56-21-30-28(55-58(10,11)40(5,6)7)18-32(54-30)47-23-43-33-34(41-22-42-35(33)47)44-37(49)26-15-13-12-14-16-26/h12-16,19,22-23,27-32H,17-18,20-21,24H2,1-11H3,(H,45,48,50)(H,41,42,44,49)/t27-,28-,29+,30+,31+,32+/m0/s1. The molecule has 2 aliphatic rings. The second-order valence-electron chi connectivity index (χ2n) is 18.3. The topological polar surface area (TPSA) is 174 Å². The summed E-state index contributed by atoms with van der Waals surface area (Å²) in [4.78, 5) is 53.8. The van der Waals surface area contributed by atoms with Crippen LogP contribution in [0.5, 0.6) is 0 Å². The van der Waals surface area contributed by atoms with Crippen LogP contribution in [-0.4, -0.2) is 94.3 Å². The number of carbonyl (C=O) groups is 1. The van der Waals surface area contributed by atoms with E-state index >= 15 is 0 Å². The van der Waals surface area contributed by atoms with Gasteiger partial charge in [0.05, 0.1) is 37.2 Å². The Morgan fingerprint density at radius 2 is 1.57 bits per heavy atom. The second kappa shape index (κ2) is 17.2. The number of aromatic amines is 1. The molecular formula is C40H59N7O8SSi2. The first-order chi connectivity index (χ1) is 27.1. The van der Waals surface area contributed by atoms with Crippen molar-refractivity contribution in [2.75, 3.05) is 23.6 Å². The Balaban J connectivity index is 1.16. The largest absolute Gasteiger partial charge is 0.414 e. The Morgan fingerprint density at radius 1 is 0.914 bits per heavy atom. The molecule has 0 saturated carbocycles. The van der Waals surface area contributed by atoms with E-state index in [1.165, 1.54) is 10.9 Å². The summed E-state index contributed by atoms with van der Waals surface area (Å²) >= 11 is 1.61. The van der Waals surface area contributed by atoms with E-state index < -0.39 is 46.4 Å². The average Bonchev–Trinajstić information content (AvgIpc) is 3.87. The summed E-state index contributed by atoms with van der Waals surface area (Å²) in [5.74, 6) is 0.973. The molecule has 2 aliphatic heterocycles. The van der Waals surface area contributed by atoms with Gasteiger partial charge in [-0.05, 0) is 55.3 Å². The van der Waals surface area contributed by atoms with Gasteiger partial charge in [-0.1, -0.05) is 59.7 Å². The van der Waals surface area contributed by atoms with Crippen LogP contribution in [0.25, 0.3) is 11.2 Å². The van der Waals surface area contributed by atoms with E-state index in [-0.39, 0.29) is 34.3 Å². The van der Waals surface area contributed by atoms with Crippen molar-refractivity contribution in [3.63, 3.8) is 0 Å². The molecular weight excluding hydrogens is 795 g/mol. The molecule has 2 N–H and O–H groups in total. The third kappa shape index (κ3) is 9.75. The van der Waals surface area contributed by atoms with E-state index in [2.05, 4.69) is 93.0 Å². The number of imidazole rings is 1. The number of hydrogen-bond donors (Lipinski definition) is 2. The third-order valence-corrected chi connectivity index (χ3v) is 21.9. The van der Waals surface area contributed by atoms with Crippen molar-refractivity contribution < 1.29 is 27.9 Å². The molecule has 15 nitrogen and oxygen atoms in total. The highest BCUT2D eigenvalue weighted by molar-refractivity contribution is 7.99. The van der Waals surface area contributed by atoms with Gasteiger partial charge >= 0.3 is 5.69 Å². The zero-order valence-corrected chi connectivity index (χ0v) is 38.3. The number of anilines is 1. The van der Waals surface area contributed by atoms with Crippen molar-refractivity contribution in [3.8, 4) is 0 Å². The summed E-state index contributed by atoms with van der Waals surface area (Å²) in [7, 11) is -4.32. The number of hydrogen-bond acceptors (Lipinski definition) is 12. The van der Waals surface area contributed by atoms with Crippen LogP contribution < -0.4 is 16.6 Å². The molecule has 4 aromatic rings. The van der Waals surface area contributed by atoms with Crippen LogP contribution in [0.1, 0.15) is 82.8 Å². The zero-order valence-electron chi connectivity index (χ0n) is 35.5. The number of H-pyrrole nitrogens is 1. The molecule has 0 bridgehead atoms. The van der Waals surface area contributed by atoms with E-state index in [0.29, 0.717) is 59.2 Å². The highest BCUT2D eigenvalue weighted by atomic mass is 32.2. The first-order valence-electron chi connectivity index (χ1n) is 19.8. The summed E-state index contributed by atoms with van der Waals surface area (Å²) in [6.45, 7) is 24.1. The summed E-state index contributed by atoms with van der Waals surface area (Å²) < 4.78 is 36.7. The Kier molecular flexibility index (Phi) is 13.1. The highest BCUT2D eigenvalue weighted by Gasteiger charge is 2.46. The van der Waals surface area contributed by atoms with Crippen molar-refractivity contribution in [2.24, 2.45) is 0 Å². The number of nitrogens with one attached hydrogen (secondary N) is 2. The van der Waals surface area contributed by atoms with Crippen molar-refractivity contribution in [3.05, 3.63) is 81.1 Å². The lowest BCUT2D eigenvalue weighted by atomic mass is 10.2. The fraction of sp³-hybridized carbons (Fsp3) is 0.600. The summed E-state index contributed by atoms with van der Waals surface area (Å²) in [5.41, 5.74) is 1.01. The van der Waals surface area contributed by atoms with Crippen molar-refractivity contribution in [1.29, 1.82) is 0 Å². The number of benzene rings is 1. The van der Waals surface area contributed by atoms with E-state index in [9.17, 15) is 14.4 Å². The van der Waals surface area contributed by atoms with E-state index in [4.69, 9.17) is 23.1 Å². The molecule has 1 aromatic carbocycles. The molecule has 3 aromatic heterocycles. The fourth-order valence-corrected chi connectivity index (χ4v) is 9.69. The zero-order chi connectivity index (χ0) is 42.2. The number of rotatable bonds is 14. The lowest BCUT2D eigenvalue weighted by Gasteiger charge is -2.39. The van der Waals surface area contributed by atoms with Crippen LogP contribution in [0, 0.1) is 6.92 Å². The van der Waals surface area contributed by atoms with Crippen molar-refractivity contribution in [2.45, 2.75) is 134 Å². The number of carbonyl (C=O) groups excluding carboxylic acids is 1. The van der Waals surface area contributed by atoms with Gasteiger partial charge in [-0.2, -0.15) is 0 Å². The summed E-state index contributed by atoms with van der Waals surface area (Å²) in [6.07, 6.45) is 3.37. The van der Waals surface area contributed by atoms with Crippen LogP contribution in [0.15, 0.2) is 58.8 Å². The molecule has 0 radical (unpaired) electrons. The normalized spacial score (nSPS) is 23.2. The minimum atomic E-state index is -2.20. The molecule has 5 heterocycles. The van der Waals surface area contributed by atoms with Gasteiger partial charge in [-0.25, -0.2) is 19.7 Å². The molecule has 18 heteroatoms. The molecule has 1 amide bonds. The molecule has 6 rings (SSSR count). The van der Waals surface area contributed by atoms with Gasteiger partial charge in [0.15, 0.2) is 33.6 Å². The third-order valence-electron chi connectivity index (χ3n) is 12.1. The maximum atomic E-state index is 13.0. The minimum Gasteiger partial charge on any atom is -0.414 e. The van der Waals surface area contributed by atoms with Gasteiger partial charge in [-0.15, -0.1) is 11.8 Å². The SMILES string of the molecule is Cc1cn([C@H]2C[C@H](OCSC[C@H]3O[C@@H](n4cnc5c(NC(=O)c6ccccc6)ncnc54)C[C@@H]3O[Si](C)(C)C(C)(C)C)[C@@H](CO[Si](C)(C)C(C)(C)C)O2)c(=O)[nH]c1=O. The van der Waals surface area contributed by atoms with Crippen LogP contribution >= 0.6 is 11.8 Å². The van der Waals surface area contributed by atoms with Crippen LogP contribution in [-0.2, 0) is 23.1 Å². The number of amides is 1. The molecule has 316 valence electrons. The number of aryl methyl sites for hydroxylation is 1. The predicted octanol–water partition coefficient (Wildman–Crippen LogP) is 7.00. The van der Waals surface area contributed by atoms with Gasteiger partial charge in [-0.3, -0.25) is 23.7 Å². The van der Waals surface area contributed by atoms with E-state index in [1.54, 1.807) is 43.3 Å². The van der Waals surface area contributed by atoms with E-state index in [1.807, 2.05) is 22.8 Å². The quantitative estimate of drug-likeness (QED) is 0.0757. The van der Waals surface area contributed by atoms with Gasteiger partial charge in [0.1, 0.15) is 24.9 Å². The fourth-order valence-electron chi connectivity index (χ4n) is 6.43. The maximum Gasteiger partial charge on any atom is 0.330 e. The van der Waals surface area contributed by atoms with Crippen LogP contribution in [0.3, 0.4) is 0 Å². The molecule has 0 aliphatic carbocycles. The summed E-state index contributed by atoms with van der Waals surface area (Å²) in [6, 6.07) is 8.95. The number of fused-ring (bicyclic) bond motifs is 1. The van der Waals surface area contributed by atoms with Gasteiger partial charge in [0, 0.05) is 35.9 Å². The molecule has 0 spiro atoms. The summed E-state index contributed by atoms with van der Waals surface area (Å²) in [5, 5.41) is 2.87. The number of thioether (sulfide) groups is 1. The van der Waals surface area contributed by atoms with Gasteiger partial charge < -0.3 is 28.4 Å². The Hall–Kier alpha value is -3.50. The van der Waals surface area contributed by atoms with Crippen molar-refractivity contribution in [1.82, 2.24) is 29.1 Å². The molecule has 58 heavy (non-hydrogen) atoms. The van der Waals surface area contributed by atoms with Crippen LogP contribution in [0.4, 0.5) is 5.82 Å².